The van der Waals surface area contributed by atoms with Gasteiger partial charge in [0.2, 0.25) is 0 Å². The average Bonchev–Trinajstić information content (AvgIpc) is 2.98. The van der Waals surface area contributed by atoms with E-state index in [1.54, 1.807) is 16.2 Å². The first kappa shape index (κ1) is 14.8. The Morgan fingerprint density at radius 1 is 1.60 bits per heavy atom. The molecule has 1 unspecified atom stereocenters. The highest BCUT2D eigenvalue weighted by molar-refractivity contribution is 7.09. The quantitative estimate of drug-likeness (QED) is 0.863. The maximum atomic E-state index is 11.9. The number of nitrogens with zero attached hydrogens (tertiary/aromatic N) is 2. The van der Waals surface area contributed by atoms with Gasteiger partial charge in [0.25, 0.3) is 0 Å². The number of aliphatic carboxylic acids is 1. The fourth-order valence-corrected chi connectivity index (χ4v) is 3.01. The molecule has 6 nitrogen and oxygen atoms in total. The summed E-state index contributed by atoms with van der Waals surface area (Å²) in [6.07, 6.45) is 1.63. The molecule has 1 fully saturated rings. The predicted octanol–water partition coefficient (Wildman–Crippen LogP) is 1.50. The second-order valence-corrected chi connectivity index (χ2v) is 6.10. The first-order chi connectivity index (χ1) is 9.54. The summed E-state index contributed by atoms with van der Waals surface area (Å²) in [4.78, 5) is 28.6. The van der Waals surface area contributed by atoms with Crippen molar-refractivity contribution in [1.29, 1.82) is 0 Å². The van der Waals surface area contributed by atoms with Gasteiger partial charge in [0.05, 0.1) is 10.7 Å². The van der Waals surface area contributed by atoms with Crippen molar-refractivity contribution in [3.05, 3.63) is 16.1 Å². The Labute approximate surface area is 121 Å². The molecule has 0 radical (unpaired) electrons. The summed E-state index contributed by atoms with van der Waals surface area (Å²) in [7, 11) is 0. The lowest BCUT2D eigenvalue weighted by molar-refractivity contribution is -0.138. The predicted molar refractivity (Wildman–Crippen MR) is 75.9 cm³/mol. The van der Waals surface area contributed by atoms with Crippen LogP contribution in [0.25, 0.3) is 0 Å². The average molecular weight is 297 g/mol. The van der Waals surface area contributed by atoms with Crippen LogP contribution < -0.4 is 5.32 Å². The van der Waals surface area contributed by atoms with Gasteiger partial charge in [-0.25, -0.2) is 9.78 Å². The second-order valence-electron chi connectivity index (χ2n) is 5.04. The zero-order chi connectivity index (χ0) is 14.5. The number of carbonyl (C=O) groups excluding carboxylic acids is 1. The highest BCUT2D eigenvalue weighted by Crippen LogP contribution is 2.19. The van der Waals surface area contributed by atoms with Gasteiger partial charge in [-0.15, -0.1) is 11.3 Å². The van der Waals surface area contributed by atoms with Gasteiger partial charge >= 0.3 is 12.0 Å². The van der Waals surface area contributed by atoms with Gasteiger partial charge in [-0.2, -0.15) is 0 Å². The second kappa shape index (κ2) is 6.69. The molecule has 2 amide bonds. The lowest BCUT2D eigenvalue weighted by atomic mass is 10.1. The molecule has 2 N–H and O–H groups in total. The van der Waals surface area contributed by atoms with E-state index in [4.69, 9.17) is 5.11 Å². The van der Waals surface area contributed by atoms with E-state index in [-0.39, 0.29) is 18.4 Å². The molecule has 1 aromatic heterocycles. The molecule has 1 aliphatic rings. The Balaban J connectivity index is 1.69. The summed E-state index contributed by atoms with van der Waals surface area (Å²) in [6.45, 7) is 3.69. The van der Waals surface area contributed by atoms with Crippen molar-refractivity contribution in [2.24, 2.45) is 5.92 Å². The Morgan fingerprint density at radius 2 is 2.40 bits per heavy atom. The minimum atomic E-state index is -0.795. The van der Waals surface area contributed by atoms with Gasteiger partial charge in [-0.05, 0) is 19.3 Å². The van der Waals surface area contributed by atoms with Crippen LogP contribution in [0.2, 0.25) is 0 Å². The van der Waals surface area contributed by atoms with E-state index < -0.39 is 5.97 Å². The lowest BCUT2D eigenvalue weighted by Gasteiger charge is -2.16. The van der Waals surface area contributed by atoms with E-state index in [2.05, 4.69) is 10.3 Å². The highest BCUT2D eigenvalue weighted by Gasteiger charge is 2.27. The number of likely N-dealkylation sites (tertiary alicyclic amines) is 1. The van der Waals surface area contributed by atoms with Crippen LogP contribution in [0.4, 0.5) is 4.79 Å². The molecule has 1 aliphatic heterocycles. The molecule has 0 bridgehead atoms. The summed E-state index contributed by atoms with van der Waals surface area (Å²) >= 11 is 1.60. The molecule has 0 aromatic carbocycles. The van der Waals surface area contributed by atoms with Crippen molar-refractivity contribution < 1.29 is 14.7 Å². The van der Waals surface area contributed by atoms with E-state index in [0.717, 1.165) is 23.5 Å². The number of carboxylic acid groups (broad SMARTS) is 1. The molecule has 20 heavy (non-hydrogen) atoms. The Kier molecular flexibility index (Phi) is 4.94. The van der Waals surface area contributed by atoms with Crippen LogP contribution in [0.3, 0.4) is 0 Å². The summed E-state index contributed by atoms with van der Waals surface area (Å²) in [6, 6.07) is -0.107. The standard InChI is InChI=1S/C13H19N3O3S/c1-9-15-11(8-20-9)2-4-14-13(19)16-5-3-10(7-16)6-12(17)18/h8,10H,2-7H2,1H3,(H,14,19)(H,17,18). The Morgan fingerprint density at radius 3 is 3.05 bits per heavy atom. The van der Waals surface area contributed by atoms with Crippen LogP contribution in [-0.2, 0) is 11.2 Å². The fourth-order valence-electron chi connectivity index (χ4n) is 2.36. The van der Waals surface area contributed by atoms with Crippen LogP contribution in [0.1, 0.15) is 23.5 Å². The molecule has 0 spiro atoms. The van der Waals surface area contributed by atoms with E-state index in [0.29, 0.717) is 19.6 Å². The summed E-state index contributed by atoms with van der Waals surface area (Å²) < 4.78 is 0. The van der Waals surface area contributed by atoms with Crippen LogP contribution in [0.5, 0.6) is 0 Å². The number of carbonyl (C=O) groups is 2. The lowest BCUT2D eigenvalue weighted by Crippen LogP contribution is -2.39. The van der Waals surface area contributed by atoms with Crippen LogP contribution >= 0.6 is 11.3 Å². The maximum Gasteiger partial charge on any atom is 0.317 e. The van der Waals surface area contributed by atoms with E-state index >= 15 is 0 Å². The van der Waals surface area contributed by atoms with E-state index in [1.165, 1.54) is 0 Å². The summed E-state index contributed by atoms with van der Waals surface area (Å²) in [5, 5.41) is 14.6. The number of rotatable bonds is 5. The topological polar surface area (TPSA) is 82.5 Å². The number of hydrogen-bond acceptors (Lipinski definition) is 4. The van der Waals surface area contributed by atoms with Gasteiger partial charge in [0.1, 0.15) is 0 Å². The zero-order valence-electron chi connectivity index (χ0n) is 11.5. The number of thiazole rings is 1. The van der Waals surface area contributed by atoms with Gasteiger partial charge in [0.15, 0.2) is 0 Å². The monoisotopic (exact) mass is 297 g/mol. The maximum absolute atomic E-state index is 11.9. The smallest absolute Gasteiger partial charge is 0.317 e. The molecular weight excluding hydrogens is 278 g/mol. The molecule has 0 saturated carbocycles. The SMILES string of the molecule is Cc1nc(CCNC(=O)N2CCC(CC(=O)O)C2)cs1. The third-order valence-electron chi connectivity index (χ3n) is 3.36. The number of carboxylic acids is 1. The Hall–Kier alpha value is -1.63. The fraction of sp³-hybridized carbons (Fsp3) is 0.615. The molecular formula is C13H19N3O3S. The number of aryl methyl sites for hydroxylation is 1. The number of amides is 2. The molecule has 110 valence electrons. The molecule has 7 heteroatoms. The molecule has 1 saturated heterocycles. The molecule has 2 heterocycles. The van der Waals surface area contributed by atoms with Crippen molar-refractivity contribution in [2.75, 3.05) is 19.6 Å². The molecule has 0 aliphatic carbocycles. The first-order valence-electron chi connectivity index (χ1n) is 6.70. The number of nitrogens with one attached hydrogen (secondary N) is 1. The highest BCUT2D eigenvalue weighted by atomic mass is 32.1. The van der Waals surface area contributed by atoms with Crippen LogP contribution in [0, 0.1) is 12.8 Å². The molecule has 1 atom stereocenters. The largest absolute Gasteiger partial charge is 0.481 e. The normalized spacial score (nSPS) is 18.2. The Bertz CT molecular complexity index is 489. The van der Waals surface area contributed by atoms with E-state index in [9.17, 15) is 9.59 Å². The molecule has 1 aromatic rings. The zero-order valence-corrected chi connectivity index (χ0v) is 12.3. The third-order valence-corrected chi connectivity index (χ3v) is 4.18. The van der Waals surface area contributed by atoms with Gasteiger partial charge in [0, 0.05) is 37.9 Å². The minimum Gasteiger partial charge on any atom is -0.481 e. The van der Waals surface area contributed by atoms with Crippen LogP contribution in [-0.4, -0.2) is 46.6 Å². The van der Waals surface area contributed by atoms with Crippen molar-refractivity contribution >= 4 is 23.3 Å². The summed E-state index contributed by atoms with van der Waals surface area (Å²) in [5.74, 6) is -0.712. The number of hydrogen-bond donors (Lipinski definition) is 2. The van der Waals surface area contributed by atoms with E-state index in [1.807, 2.05) is 12.3 Å². The van der Waals surface area contributed by atoms with Crippen molar-refractivity contribution in [3.63, 3.8) is 0 Å². The molecule has 2 rings (SSSR count). The van der Waals surface area contributed by atoms with Crippen molar-refractivity contribution in [1.82, 2.24) is 15.2 Å². The third kappa shape index (κ3) is 4.19. The first-order valence-corrected chi connectivity index (χ1v) is 7.58. The van der Waals surface area contributed by atoms with Crippen LogP contribution in [0.15, 0.2) is 5.38 Å². The number of aromatic nitrogens is 1. The number of urea groups is 1. The summed E-state index contributed by atoms with van der Waals surface area (Å²) in [5.41, 5.74) is 0.998. The van der Waals surface area contributed by atoms with Gasteiger partial charge in [-0.3, -0.25) is 4.79 Å². The van der Waals surface area contributed by atoms with Crippen molar-refractivity contribution in [3.8, 4) is 0 Å². The van der Waals surface area contributed by atoms with Crippen molar-refractivity contribution in [2.45, 2.75) is 26.2 Å². The van der Waals surface area contributed by atoms with Gasteiger partial charge < -0.3 is 15.3 Å². The van der Waals surface area contributed by atoms with Gasteiger partial charge in [-0.1, -0.05) is 0 Å². The minimum absolute atomic E-state index is 0.0828.